The summed E-state index contributed by atoms with van der Waals surface area (Å²) in [5.41, 5.74) is 3.87. The fraction of sp³-hybridized carbons (Fsp3) is 0.379. The lowest BCUT2D eigenvalue weighted by Gasteiger charge is -2.20. The first kappa shape index (κ1) is 29.3. The van der Waals surface area contributed by atoms with E-state index in [4.69, 9.17) is 33.2 Å². The highest BCUT2D eigenvalue weighted by Gasteiger charge is 2.17. The average molecular weight is 575 g/mol. The third kappa shape index (κ3) is 9.50. The van der Waals surface area contributed by atoms with Crippen LogP contribution in [0.2, 0.25) is 0 Å². The highest BCUT2D eigenvalue weighted by Crippen LogP contribution is 2.31. The zero-order valence-corrected chi connectivity index (χ0v) is 23.1. The van der Waals surface area contributed by atoms with Crippen molar-refractivity contribution in [1.29, 1.82) is 0 Å². The summed E-state index contributed by atoms with van der Waals surface area (Å²) in [4.78, 5) is 0. The van der Waals surface area contributed by atoms with Gasteiger partial charge in [-0.2, -0.15) is 0 Å². The van der Waals surface area contributed by atoms with Gasteiger partial charge in [0, 0.05) is 29.8 Å². The molecule has 8 heteroatoms. The number of hydrogen-bond donors (Lipinski definition) is 0. The van der Waals surface area contributed by atoms with Crippen molar-refractivity contribution in [2.45, 2.75) is 25.4 Å². The van der Waals surface area contributed by atoms with E-state index in [9.17, 15) is 0 Å². The summed E-state index contributed by atoms with van der Waals surface area (Å²) in [5, 5.41) is 0. The first-order valence-electron chi connectivity index (χ1n) is 12.0. The number of rotatable bonds is 17. The van der Waals surface area contributed by atoms with Crippen molar-refractivity contribution in [1.82, 2.24) is 0 Å². The van der Waals surface area contributed by atoms with Crippen LogP contribution in [-0.4, -0.2) is 48.1 Å². The molecule has 0 aliphatic rings. The Balaban J connectivity index is 1.64. The summed E-state index contributed by atoms with van der Waals surface area (Å²) < 4.78 is 40.7. The minimum Gasteiger partial charge on any atom is -0.496 e. The standard InChI is InChI=1S/C29H35BrO7/c1-31-20-36-27(22-10-6-4-7-11-22)18-34-16-24-14-26(30)15-25(29(24)33-3)17-35-19-28(37-21-32-2)23-12-8-5-9-13-23/h4-15,27-28H,16-21H2,1-3H3/t27-,28-/m0/s1. The molecule has 3 aromatic carbocycles. The summed E-state index contributed by atoms with van der Waals surface area (Å²) in [5.74, 6) is 0.728. The maximum Gasteiger partial charge on any atom is 0.147 e. The summed E-state index contributed by atoms with van der Waals surface area (Å²) >= 11 is 3.61. The molecule has 0 aliphatic carbocycles. The van der Waals surface area contributed by atoms with Crippen molar-refractivity contribution in [2.75, 3.05) is 48.1 Å². The largest absolute Gasteiger partial charge is 0.496 e. The Morgan fingerprint density at radius 2 is 1.08 bits per heavy atom. The minimum absolute atomic E-state index is 0.183. The third-order valence-electron chi connectivity index (χ3n) is 5.58. The highest BCUT2D eigenvalue weighted by molar-refractivity contribution is 9.10. The predicted molar refractivity (Wildman–Crippen MR) is 144 cm³/mol. The van der Waals surface area contributed by atoms with E-state index in [1.165, 1.54) is 0 Å². The molecule has 0 saturated carbocycles. The molecule has 0 unspecified atom stereocenters. The van der Waals surface area contributed by atoms with E-state index >= 15 is 0 Å². The SMILES string of the molecule is COCO[C@@H](COCc1cc(Br)cc(COC[C@H](OCOC)c2ccccc2)c1OC)c1ccccc1. The number of benzene rings is 3. The summed E-state index contributed by atoms with van der Waals surface area (Å²) in [6.07, 6.45) is -0.492. The van der Waals surface area contributed by atoms with Crippen molar-refractivity contribution in [3.8, 4) is 5.75 Å². The second-order valence-corrected chi connectivity index (χ2v) is 9.15. The quantitative estimate of drug-likeness (QED) is 0.177. The van der Waals surface area contributed by atoms with Crippen LogP contribution in [-0.2, 0) is 41.6 Å². The average Bonchev–Trinajstić information content (AvgIpc) is 2.93. The van der Waals surface area contributed by atoms with Gasteiger partial charge in [-0.1, -0.05) is 76.6 Å². The van der Waals surface area contributed by atoms with E-state index in [1.807, 2.05) is 72.8 Å². The van der Waals surface area contributed by atoms with Crippen LogP contribution in [0, 0.1) is 0 Å². The van der Waals surface area contributed by atoms with Gasteiger partial charge >= 0.3 is 0 Å². The smallest absolute Gasteiger partial charge is 0.147 e. The minimum atomic E-state index is -0.246. The molecule has 0 saturated heterocycles. The Bertz CT molecular complexity index is 954. The van der Waals surface area contributed by atoms with Gasteiger partial charge in [-0.05, 0) is 23.3 Å². The molecular formula is C29H35BrO7. The number of methoxy groups -OCH3 is 3. The van der Waals surface area contributed by atoms with Gasteiger partial charge in [0.2, 0.25) is 0 Å². The Morgan fingerprint density at radius 3 is 1.46 bits per heavy atom. The Morgan fingerprint density at radius 1 is 0.649 bits per heavy atom. The Hall–Kier alpha value is -2.30. The third-order valence-corrected chi connectivity index (χ3v) is 6.04. The Labute approximate surface area is 227 Å². The summed E-state index contributed by atoms with van der Waals surface area (Å²) in [6.45, 7) is 1.79. The van der Waals surface area contributed by atoms with Gasteiger partial charge in [0.05, 0.1) is 33.5 Å². The van der Waals surface area contributed by atoms with Gasteiger partial charge < -0.3 is 33.2 Å². The van der Waals surface area contributed by atoms with E-state index in [2.05, 4.69) is 15.9 Å². The van der Waals surface area contributed by atoms with Crippen LogP contribution < -0.4 is 4.74 Å². The van der Waals surface area contributed by atoms with Gasteiger partial charge in [0.1, 0.15) is 31.5 Å². The Kier molecular flexibility index (Phi) is 13.1. The first-order valence-corrected chi connectivity index (χ1v) is 12.8. The van der Waals surface area contributed by atoms with E-state index in [0.29, 0.717) is 26.4 Å². The monoisotopic (exact) mass is 574 g/mol. The lowest BCUT2D eigenvalue weighted by atomic mass is 10.1. The van der Waals surface area contributed by atoms with E-state index in [-0.39, 0.29) is 25.8 Å². The van der Waals surface area contributed by atoms with Gasteiger partial charge in [0.15, 0.2) is 0 Å². The summed E-state index contributed by atoms with van der Waals surface area (Å²) in [7, 11) is 4.86. The molecule has 0 bridgehead atoms. The van der Waals surface area contributed by atoms with Gasteiger partial charge in [0.25, 0.3) is 0 Å². The second kappa shape index (κ2) is 16.5. The first-order chi connectivity index (χ1) is 18.2. The van der Waals surface area contributed by atoms with Crippen LogP contribution in [0.15, 0.2) is 77.3 Å². The van der Waals surface area contributed by atoms with Crippen LogP contribution in [0.4, 0.5) is 0 Å². The molecule has 3 rings (SSSR count). The zero-order chi connectivity index (χ0) is 26.3. The maximum atomic E-state index is 6.07. The fourth-order valence-electron chi connectivity index (χ4n) is 3.86. The fourth-order valence-corrected chi connectivity index (χ4v) is 4.41. The molecule has 0 fully saturated rings. The van der Waals surface area contributed by atoms with Gasteiger partial charge in [-0.15, -0.1) is 0 Å². The molecule has 0 amide bonds. The number of hydrogen-bond acceptors (Lipinski definition) is 7. The molecule has 7 nitrogen and oxygen atoms in total. The van der Waals surface area contributed by atoms with Gasteiger partial charge in [-0.3, -0.25) is 0 Å². The zero-order valence-electron chi connectivity index (χ0n) is 21.6. The molecule has 37 heavy (non-hydrogen) atoms. The lowest BCUT2D eigenvalue weighted by molar-refractivity contribution is -0.101. The molecule has 0 aliphatic heterocycles. The molecule has 3 aromatic rings. The van der Waals surface area contributed by atoms with Crippen molar-refractivity contribution in [3.63, 3.8) is 0 Å². The van der Waals surface area contributed by atoms with E-state index in [0.717, 1.165) is 32.5 Å². The van der Waals surface area contributed by atoms with Crippen LogP contribution in [0.25, 0.3) is 0 Å². The molecule has 0 heterocycles. The molecule has 0 N–H and O–H groups in total. The molecule has 0 spiro atoms. The predicted octanol–water partition coefficient (Wildman–Crippen LogP) is 6.21. The van der Waals surface area contributed by atoms with Crippen molar-refractivity contribution in [3.05, 3.63) is 99.5 Å². The molecule has 0 aromatic heterocycles. The van der Waals surface area contributed by atoms with Crippen molar-refractivity contribution >= 4 is 15.9 Å². The topological polar surface area (TPSA) is 64.6 Å². The van der Waals surface area contributed by atoms with Crippen LogP contribution in [0.5, 0.6) is 5.75 Å². The second-order valence-electron chi connectivity index (χ2n) is 8.23. The van der Waals surface area contributed by atoms with Gasteiger partial charge in [-0.25, -0.2) is 0 Å². The number of ether oxygens (including phenoxy) is 7. The van der Waals surface area contributed by atoms with E-state index in [1.54, 1.807) is 21.3 Å². The molecular weight excluding hydrogens is 540 g/mol. The summed E-state index contributed by atoms with van der Waals surface area (Å²) in [6, 6.07) is 23.9. The molecule has 2 atom stereocenters. The molecule has 200 valence electrons. The van der Waals surface area contributed by atoms with Crippen molar-refractivity contribution < 1.29 is 33.2 Å². The van der Waals surface area contributed by atoms with Crippen LogP contribution >= 0.6 is 15.9 Å². The highest BCUT2D eigenvalue weighted by atomic mass is 79.9. The normalized spacial score (nSPS) is 12.9. The number of halogens is 1. The van der Waals surface area contributed by atoms with E-state index < -0.39 is 0 Å². The molecule has 0 radical (unpaired) electrons. The maximum absolute atomic E-state index is 6.07. The lowest BCUT2D eigenvalue weighted by Crippen LogP contribution is -2.14. The van der Waals surface area contributed by atoms with Crippen molar-refractivity contribution in [2.24, 2.45) is 0 Å². The van der Waals surface area contributed by atoms with Crippen LogP contribution in [0.3, 0.4) is 0 Å². The van der Waals surface area contributed by atoms with Crippen LogP contribution in [0.1, 0.15) is 34.5 Å².